The number of aromatic nitrogens is 2. The van der Waals surface area contributed by atoms with Crippen molar-refractivity contribution in [2.45, 2.75) is 30.5 Å². The summed E-state index contributed by atoms with van der Waals surface area (Å²) in [5.74, 6) is -4.72. The van der Waals surface area contributed by atoms with E-state index in [9.17, 15) is 26.3 Å². The molecule has 1 aliphatic rings. The van der Waals surface area contributed by atoms with Crippen molar-refractivity contribution in [3.05, 3.63) is 77.7 Å². The monoisotopic (exact) mass is 560 g/mol. The fourth-order valence-electron chi connectivity index (χ4n) is 3.53. The van der Waals surface area contributed by atoms with Gasteiger partial charge in [0.25, 0.3) is 0 Å². The Balaban J connectivity index is 0.000000505. The number of halogens is 6. The van der Waals surface area contributed by atoms with Crippen LogP contribution in [0.15, 0.2) is 54.7 Å². The first-order chi connectivity index (χ1) is 17.9. The number of hydrogen-bond donors (Lipinski definition) is 3. The largest absolute Gasteiger partial charge is 0.490 e. The van der Waals surface area contributed by atoms with Gasteiger partial charge in [-0.05, 0) is 30.7 Å². The van der Waals surface area contributed by atoms with E-state index in [1.807, 2.05) is 36.4 Å². The highest BCUT2D eigenvalue weighted by atomic mass is 32.1. The molecule has 0 saturated carbocycles. The summed E-state index contributed by atoms with van der Waals surface area (Å²) < 4.78 is 77.7. The number of alkyl halides is 3. The van der Waals surface area contributed by atoms with Crippen molar-refractivity contribution in [1.82, 2.24) is 9.97 Å². The molecular weight excluding hydrogens is 538 g/mol. The zero-order valence-corrected chi connectivity index (χ0v) is 20.4. The molecule has 204 valence electrons. The summed E-state index contributed by atoms with van der Waals surface area (Å²) in [6.45, 7) is 0.772. The Morgan fingerprint density at radius 3 is 2.42 bits per heavy atom. The highest BCUT2D eigenvalue weighted by molar-refractivity contribution is 7.81. The van der Waals surface area contributed by atoms with Gasteiger partial charge < -0.3 is 20.1 Å². The van der Waals surface area contributed by atoms with Crippen molar-refractivity contribution >= 4 is 36.1 Å². The van der Waals surface area contributed by atoms with Crippen LogP contribution in [-0.4, -0.2) is 51.7 Å². The molecule has 2 heterocycles. The van der Waals surface area contributed by atoms with Crippen LogP contribution in [0.4, 0.5) is 43.8 Å². The number of rotatable bonds is 7. The first kappa shape index (κ1) is 29.0. The lowest BCUT2D eigenvalue weighted by Gasteiger charge is -2.25. The number of thiol groups is 1. The number of para-hydroxylation sites is 1. The van der Waals surface area contributed by atoms with E-state index in [1.54, 1.807) is 6.20 Å². The van der Waals surface area contributed by atoms with Crippen LogP contribution in [0, 0.1) is 17.5 Å². The van der Waals surface area contributed by atoms with E-state index in [1.165, 1.54) is 0 Å². The molecule has 2 atom stereocenters. The van der Waals surface area contributed by atoms with Crippen LogP contribution in [0.25, 0.3) is 0 Å². The van der Waals surface area contributed by atoms with E-state index >= 15 is 0 Å². The summed E-state index contributed by atoms with van der Waals surface area (Å²) in [6.07, 6.45) is -2.66. The molecule has 0 amide bonds. The number of nitrogens with zero attached hydrogens (tertiary/aromatic N) is 3. The van der Waals surface area contributed by atoms with Gasteiger partial charge in [0, 0.05) is 35.3 Å². The molecule has 4 rings (SSSR count). The Bertz CT molecular complexity index is 1240. The van der Waals surface area contributed by atoms with Gasteiger partial charge in [-0.1, -0.05) is 18.2 Å². The smallest absolute Gasteiger partial charge is 0.475 e. The number of carbonyl (C=O) groups is 1. The molecule has 0 unspecified atom stereocenters. The summed E-state index contributed by atoms with van der Waals surface area (Å²) >= 11 is 4.59. The van der Waals surface area contributed by atoms with Crippen molar-refractivity contribution in [3.63, 3.8) is 0 Å². The molecule has 3 aromatic rings. The lowest BCUT2D eigenvalue weighted by molar-refractivity contribution is -0.192. The third kappa shape index (κ3) is 8.25. The van der Waals surface area contributed by atoms with Gasteiger partial charge in [0.2, 0.25) is 5.95 Å². The fraction of sp³-hybridized carbons (Fsp3) is 0.292. The number of benzene rings is 2. The van der Waals surface area contributed by atoms with Crippen LogP contribution < -0.4 is 10.2 Å². The van der Waals surface area contributed by atoms with E-state index in [0.29, 0.717) is 18.6 Å². The quantitative estimate of drug-likeness (QED) is 0.204. The normalized spacial score (nSPS) is 17.1. The zero-order valence-electron chi connectivity index (χ0n) is 19.5. The zero-order chi connectivity index (χ0) is 27.9. The van der Waals surface area contributed by atoms with Gasteiger partial charge in [0.15, 0.2) is 11.6 Å². The molecule has 38 heavy (non-hydrogen) atoms. The summed E-state index contributed by atoms with van der Waals surface area (Å²) in [5, 5.41) is 10.4. The topological polar surface area (TPSA) is 87.6 Å². The molecule has 0 aliphatic carbocycles. The average molecular weight is 561 g/mol. The van der Waals surface area contributed by atoms with E-state index in [2.05, 4.69) is 32.8 Å². The van der Waals surface area contributed by atoms with Gasteiger partial charge >= 0.3 is 12.1 Å². The van der Waals surface area contributed by atoms with E-state index in [-0.39, 0.29) is 30.1 Å². The minimum absolute atomic E-state index is 0.0257. The van der Waals surface area contributed by atoms with Crippen LogP contribution in [-0.2, 0) is 16.1 Å². The number of ether oxygens (including phenoxy) is 1. The van der Waals surface area contributed by atoms with Gasteiger partial charge in [0.1, 0.15) is 11.6 Å². The molecule has 0 spiro atoms. The Kier molecular flexibility index (Phi) is 9.80. The number of aliphatic carboxylic acids is 1. The lowest BCUT2D eigenvalue weighted by Crippen LogP contribution is -2.34. The molecule has 0 bridgehead atoms. The predicted molar refractivity (Wildman–Crippen MR) is 130 cm³/mol. The van der Waals surface area contributed by atoms with Crippen LogP contribution in [0.5, 0.6) is 0 Å². The van der Waals surface area contributed by atoms with Crippen LogP contribution in [0.2, 0.25) is 0 Å². The van der Waals surface area contributed by atoms with Crippen LogP contribution >= 0.6 is 12.6 Å². The van der Waals surface area contributed by atoms with Gasteiger partial charge in [-0.15, -0.1) is 0 Å². The van der Waals surface area contributed by atoms with Gasteiger partial charge in [0.05, 0.1) is 19.3 Å². The van der Waals surface area contributed by atoms with E-state index in [0.717, 1.165) is 24.0 Å². The SMILES string of the molecule is Fc1cc(F)c(COC[C@@H]2C[C@@H](S)CN2c2ccnc(Nc3ccccc3)n2)cc1F.O=C(O)C(F)(F)F. The first-order valence-electron chi connectivity index (χ1n) is 11.0. The van der Waals surface area contributed by atoms with Crippen LogP contribution in [0.3, 0.4) is 0 Å². The molecule has 1 aliphatic heterocycles. The molecule has 1 fully saturated rings. The predicted octanol–water partition coefficient (Wildman–Crippen LogP) is 5.36. The summed E-state index contributed by atoms with van der Waals surface area (Å²) in [6, 6.07) is 12.7. The Morgan fingerprint density at radius 2 is 1.76 bits per heavy atom. The average Bonchev–Trinajstić information content (AvgIpc) is 3.23. The highest BCUT2D eigenvalue weighted by Crippen LogP contribution is 2.28. The van der Waals surface area contributed by atoms with Crippen molar-refractivity contribution in [2.24, 2.45) is 0 Å². The third-order valence-corrected chi connectivity index (χ3v) is 5.63. The second kappa shape index (κ2) is 12.8. The number of nitrogens with one attached hydrogen (secondary N) is 1. The summed E-state index contributed by atoms with van der Waals surface area (Å²) in [7, 11) is 0. The standard InChI is InChI=1S/C22H21F3N4OS.C2HF3O2/c23-18-10-20(25)19(24)8-14(18)12-30-13-16-9-17(31)11-29(16)21-6-7-26-22(28-21)27-15-4-2-1-3-5-15;3-2(4,5)1(6)7/h1-8,10,16-17,31H,9,11-13H2,(H,26,27,28);(H,6,7)/t16-,17+;/m0./s1. The summed E-state index contributed by atoms with van der Waals surface area (Å²) in [5.41, 5.74) is 0.851. The molecule has 2 N–H and O–H groups in total. The number of hydrogen-bond acceptors (Lipinski definition) is 7. The number of anilines is 3. The molecular formula is C24H22F6N4O3S. The van der Waals surface area contributed by atoms with Crippen LogP contribution in [0.1, 0.15) is 12.0 Å². The van der Waals surface area contributed by atoms with Crippen molar-refractivity contribution in [1.29, 1.82) is 0 Å². The maximum absolute atomic E-state index is 13.8. The van der Waals surface area contributed by atoms with Gasteiger partial charge in [-0.2, -0.15) is 30.8 Å². The van der Waals surface area contributed by atoms with Gasteiger partial charge in [-0.25, -0.2) is 22.9 Å². The molecule has 7 nitrogen and oxygen atoms in total. The second-order valence-electron chi connectivity index (χ2n) is 8.10. The minimum atomic E-state index is -5.08. The Labute approximate surface area is 218 Å². The summed E-state index contributed by atoms with van der Waals surface area (Å²) in [4.78, 5) is 19.8. The first-order valence-corrected chi connectivity index (χ1v) is 11.6. The minimum Gasteiger partial charge on any atom is -0.475 e. The van der Waals surface area contributed by atoms with Gasteiger partial charge in [-0.3, -0.25) is 0 Å². The maximum Gasteiger partial charge on any atom is 0.490 e. The molecule has 1 aromatic heterocycles. The molecule has 1 saturated heterocycles. The third-order valence-electron chi connectivity index (χ3n) is 5.26. The lowest BCUT2D eigenvalue weighted by atomic mass is 10.2. The Morgan fingerprint density at radius 1 is 1.11 bits per heavy atom. The fourth-order valence-corrected chi connectivity index (χ4v) is 3.95. The highest BCUT2D eigenvalue weighted by Gasteiger charge is 2.38. The van der Waals surface area contributed by atoms with Crippen molar-refractivity contribution < 1.29 is 41.0 Å². The molecule has 0 radical (unpaired) electrons. The van der Waals surface area contributed by atoms with Crippen molar-refractivity contribution in [2.75, 3.05) is 23.4 Å². The number of carboxylic acids is 1. The van der Waals surface area contributed by atoms with Crippen molar-refractivity contribution in [3.8, 4) is 0 Å². The molecule has 2 aromatic carbocycles. The van der Waals surface area contributed by atoms with E-state index in [4.69, 9.17) is 14.6 Å². The Hall–Kier alpha value is -3.52. The molecule has 14 heteroatoms. The second-order valence-corrected chi connectivity index (χ2v) is 8.83. The maximum atomic E-state index is 13.8. The van der Waals surface area contributed by atoms with E-state index < -0.39 is 29.6 Å². The number of carboxylic acid groups (broad SMARTS) is 1.